The summed E-state index contributed by atoms with van der Waals surface area (Å²) in [4.78, 5) is 0. The molecular weight excluding hydrogens is 244 g/mol. The maximum absolute atomic E-state index is 14.4. The minimum absolute atomic E-state index is 0.324. The van der Waals surface area contributed by atoms with E-state index < -0.39 is 11.6 Å². The van der Waals surface area contributed by atoms with Crippen molar-refractivity contribution < 1.29 is 8.78 Å². The number of rotatable bonds is 2. The Hall–Kier alpha value is -0.960. The number of aryl methyl sites for hydroxylation is 1. The van der Waals surface area contributed by atoms with Gasteiger partial charge in [0.1, 0.15) is 0 Å². The minimum atomic E-state index is -0.677. The zero-order chi connectivity index (χ0) is 13.5. The molecule has 1 nitrogen and oxygen atoms in total. The fourth-order valence-electron chi connectivity index (χ4n) is 3.47. The van der Waals surface area contributed by atoms with Gasteiger partial charge in [-0.3, -0.25) is 0 Å². The van der Waals surface area contributed by atoms with Crippen molar-refractivity contribution in [3.05, 3.63) is 34.9 Å². The average molecular weight is 265 g/mol. The van der Waals surface area contributed by atoms with Gasteiger partial charge < -0.3 is 5.32 Å². The third-order valence-corrected chi connectivity index (χ3v) is 4.72. The van der Waals surface area contributed by atoms with Crippen molar-refractivity contribution in [2.45, 2.75) is 51.0 Å². The zero-order valence-electron chi connectivity index (χ0n) is 11.4. The molecular formula is C16H21F2N. The molecule has 3 heteroatoms. The van der Waals surface area contributed by atoms with Crippen LogP contribution in [0.25, 0.3) is 0 Å². The van der Waals surface area contributed by atoms with E-state index in [1.165, 1.54) is 6.42 Å². The lowest BCUT2D eigenvalue weighted by Crippen LogP contribution is -2.44. The average Bonchev–Trinajstić information content (AvgIpc) is 3.22. The molecule has 1 saturated carbocycles. The molecule has 1 aliphatic carbocycles. The molecule has 1 saturated heterocycles. The van der Waals surface area contributed by atoms with Crippen LogP contribution in [0.5, 0.6) is 0 Å². The van der Waals surface area contributed by atoms with E-state index in [0.717, 1.165) is 38.6 Å². The van der Waals surface area contributed by atoms with E-state index in [1.54, 1.807) is 19.1 Å². The fraction of sp³-hybridized carbons (Fsp3) is 0.625. The Morgan fingerprint density at radius 3 is 2.63 bits per heavy atom. The molecule has 0 bridgehead atoms. The van der Waals surface area contributed by atoms with Crippen LogP contribution in [0.15, 0.2) is 12.1 Å². The molecule has 0 radical (unpaired) electrons. The van der Waals surface area contributed by atoms with Gasteiger partial charge in [-0.25, -0.2) is 8.78 Å². The first-order chi connectivity index (χ1) is 9.15. The summed E-state index contributed by atoms with van der Waals surface area (Å²) in [7, 11) is 0. The van der Waals surface area contributed by atoms with Gasteiger partial charge >= 0.3 is 0 Å². The summed E-state index contributed by atoms with van der Waals surface area (Å²) in [6.07, 6.45) is 6.58. The second-order valence-electron chi connectivity index (χ2n) is 6.04. The van der Waals surface area contributed by atoms with Gasteiger partial charge in [0.15, 0.2) is 11.6 Å². The lowest BCUT2D eigenvalue weighted by Gasteiger charge is -2.35. The quantitative estimate of drug-likeness (QED) is 0.851. The third-order valence-electron chi connectivity index (χ3n) is 4.72. The highest BCUT2D eigenvalue weighted by Gasteiger charge is 2.47. The first-order valence-corrected chi connectivity index (χ1v) is 7.35. The van der Waals surface area contributed by atoms with E-state index >= 15 is 0 Å². The molecule has 2 fully saturated rings. The van der Waals surface area contributed by atoms with Crippen LogP contribution in [0.2, 0.25) is 0 Å². The summed E-state index contributed by atoms with van der Waals surface area (Å²) in [5.41, 5.74) is 0.621. The topological polar surface area (TPSA) is 12.0 Å². The molecule has 1 aliphatic heterocycles. The van der Waals surface area contributed by atoms with Crippen LogP contribution < -0.4 is 5.32 Å². The van der Waals surface area contributed by atoms with E-state index in [1.807, 2.05) is 0 Å². The first kappa shape index (κ1) is 13.0. The molecule has 0 aromatic heterocycles. The highest BCUT2D eigenvalue weighted by atomic mass is 19.2. The second kappa shape index (κ2) is 4.86. The van der Waals surface area contributed by atoms with E-state index in [2.05, 4.69) is 5.32 Å². The molecule has 2 aliphatic rings. The molecule has 1 atom stereocenters. The number of halogens is 2. The summed E-state index contributed by atoms with van der Waals surface area (Å²) < 4.78 is 28.3. The molecule has 1 heterocycles. The molecule has 1 aromatic carbocycles. The van der Waals surface area contributed by atoms with Crippen molar-refractivity contribution in [1.29, 1.82) is 0 Å². The summed E-state index contributed by atoms with van der Waals surface area (Å²) in [6.45, 7) is 2.53. The SMILES string of the molecule is Cc1ccc(C2(C3CC3)CCCCCN2)c(F)c1F. The van der Waals surface area contributed by atoms with Gasteiger partial charge in [-0.2, -0.15) is 0 Å². The Kier molecular flexibility index (Phi) is 3.34. The highest BCUT2D eigenvalue weighted by Crippen LogP contribution is 2.50. The summed E-state index contributed by atoms with van der Waals surface area (Å²) in [6, 6.07) is 3.51. The third kappa shape index (κ3) is 2.18. The number of hydrogen-bond donors (Lipinski definition) is 1. The lowest BCUT2D eigenvalue weighted by molar-refractivity contribution is 0.265. The smallest absolute Gasteiger partial charge is 0.164 e. The Balaban J connectivity index is 2.07. The van der Waals surface area contributed by atoms with Crippen molar-refractivity contribution >= 4 is 0 Å². The minimum Gasteiger partial charge on any atom is -0.307 e. The monoisotopic (exact) mass is 265 g/mol. The van der Waals surface area contributed by atoms with Gasteiger partial charge in [0.2, 0.25) is 0 Å². The number of hydrogen-bond acceptors (Lipinski definition) is 1. The normalized spacial score (nSPS) is 28.2. The fourth-order valence-corrected chi connectivity index (χ4v) is 3.47. The summed E-state index contributed by atoms with van der Waals surface area (Å²) in [5, 5.41) is 3.55. The van der Waals surface area contributed by atoms with Gasteiger partial charge in [-0.15, -0.1) is 0 Å². The van der Waals surface area contributed by atoms with Gasteiger partial charge in [0, 0.05) is 11.1 Å². The molecule has 0 amide bonds. The van der Waals surface area contributed by atoms with E-state index in [9.17, 15) is 8.78 Å². The number of nitrogens with one attached hydrogen (secondary N) is 1. The van der Waals surface area contributed by atoms with E-state index in [-0.39, 0.29) is 5.54 Å². The van der Waals surface area contributed by atoms with Crippen LogP contribution in [0.3, 0.4) is 0 Å². The summed E-state index contributed by atoms with van der Waals surface area (Å²) in [5.74, 6) is -0.841. The van der Waals surface area contributed by atoms with Crippen LogP contribution in [0.1, 0.15) is 49.7 Å². The molecule has 0 spiro atoms. The van der Waals surface area contributed by atoms with Crippen molar-refractivity contribution in [3.63, 3.8) is 0 Å². The van der Waals surface area contributed by atoms with Gasteiger partial charge in [0.25, 0.3) is 0 Å². The lowest BCUT2D eigenvalue weighted by atomic mass is 9.80. The maximum Gasteiger partial charge on any atom is 0.164 e. The molecule has 104 valence electrons. The standard InChI is InChI=1S/C16H21F2N/c1-11-5-8-13(15(18)14(11)17)16(12-6-7-12)9-3-2-4-10-19-16/h5,8,12,19H,2-4,6-7,9-10H2,1H3. The van der Waals surface area contributed by atoms with Crippen LogP contribution in [0, 0.1) is 24.5 Å². The largest absolute Gasteiger partial charge is 0.307 e. The molecule has 1 aromatic rings. The Bertz CT molecular complexity index is 472. The van der Waals surface area contributed by atoms with Crippen LogP contribution in [-0.2, 0) is 5.54 Å². The van der Waals surface area contributed by atoms with Gasteiger partial charge in [-0.05, 0) is 50.6 Å². The molecule has 1 N–H and O–H groups in total. The van der Waals surface area contributed by atoms with Crippen LogP contribution in [-0.4, -0.2) is 6.54 Å². The van der Waals surface area contributed by atoms with Gasteiger partial charge in [-0.1, -0.05) is 25.0 Å². The zero-order valence-corrected chi connectivity index (χ0v) is 11.4. The predicted molar refractivity (Wildman–Crippen MR) is 72.0 cm³/mol. The first-order valence-electron chi connectivity index (χ1n) is 7.35. The Morgan fingerprint density at radius 1 is 1.11 bits per heavy atom. The molecule has 3 rings (SSSR count). The Morgan fingerprint density at radius 2 is 1.89 bits per heavy atom. The van der Waals surface area contributed by atoms with Crippen molar-refractivity contribution in [2.75, 3.05) is 6.54 Å². The van der Waals surface area contributed by atoms with E-state index in [4.69, 9.17) is 0 Å². The molecule has 19 heavy (non-hydrogen) atoms. The van der Waals surface area contributed by atoms with Crippen molar-refractivity contribution in [3.8, 4) is 0 Å². The maximum atomic E-state index is 14.4. The predicted octanol–water partition coefficient (Wildman–Crippen LogP) is 4.04. The molecule has 1 unspecified atom stereocenters. The van der Waals surface area contributed by atoms with Gasteiger partial charge in [0.05, 0.1) is 0 Å². The Labute approximate surface area is 113 Å². The van der Waals surface area contributed by atoms with E-state index in [0.29, 0.717) is 17.0 Å². The van der Waals surface area contributed by atoms with Crippen LogP contribution >= 0.6 is 0 Å². The highest BCUT2D eigenvalue weighted by molar-refractivity contribution is 5.33. The van der Waals surface area contributed by atoms with Crippen LogP contribution in [0.4, 0.5) is 8.78 Å². The van der Waals surface area contributed by atoms with Crippen molar-refractivity contribution in [1.82, 2.24) is 5.32 Å². The number of benzene rings is 1. The second-order valence-corrected chi connectivity index (χ2v) is 6.04. The van der Waals surface area contributed by atoms with Crippen molar-refractivity contribution in [2.24, 2.45) is 5.92 Å². The summed E-state index contributed by atoms with van der Waals surface area (Å²) >= 11 is 0.